The highest BCUT2D eigenvalue weighted by Gasteiger charge is 2.17. The van der Waals surface area contributed by atoms with Crippen LogP contribution in [0.25, 0.3) is 0 Å². The third-order valence-corrected chi connectivity index (χ3v) is 3.46. The molecule has 0 saturated carbocycles. The smallest absolute Gasteiger partial charge is 0.271 e. The fourth-order valence-corrected chi connectivity index (χ4v) is 2.24. The van der Waals surface area contributed by atoms with Crippen molar-refractivity contribution in [3.05, 3.63) is 62.9 Å². The van der Waals surface area contributed by atoms with Crippen molar-refractivity contribution in [3.63, 3.8) is 0 Å². The van der Waals surface area contributed by atoms with Gasteiger partial charge in [0.15, 0.2) is 0 Å². The number of benzene rings is 1. The van der Waals surface area contributed by atoms with Crippen LogP contribution in [0.1, 0.15) is 22.3 Å². The molecule has 0 aliphatic carbocycles. The van der Waals surface area contributed by atoms with Crippen LogP contribution >= 0.6 is 0 Å². The summed E-state index contributed by atoms with van der Waals surface area (Å²) in [5.74, 6) is -0.262. The Morgan fingerprint density at radius 2 is 2.05 bits per heavy atom. The van der Waals surface area contributed by atoms with Crippen LogP contribution in [0.5, 0.6) is 5.88 Å². The summed E-state index contributed by atoms with van der Waals surface area (Å²) in [7, 11) is 0. The Balaban J connectivity index is 2.47. The summed E-state index contributed by atoms with van der Waals surface area (Å²) in [5, 5.41) is 26.6. The Kier molecular flexibility index (Phi) is 4.19. The number of rotatable bonds is 4. The minimum Gasteiger partial charge on any atom is -0.494 e. The average molecular weight is 281 g/mol. The zero-order valence-corrected chi connectivity index (χ0v) is 11.6. The van der Waals surface area contributed by atoms with Gasteiger partial charge >= 0.3 is 0 Å². The average Bonchev–Trinajstić information content (AvgIpc) is 2.49. The van der Waals surface area contributed by atoms with Gasteiger partial charge in [-0.2, -0.15) is 5.26 Å². The minimum absolute atomic E-state index is 0.0284. The van der Waals surface area contributed by atoms with Crippen LogP contribution in [0.2, 0.25) is 0 Å². The van der Waals surface area contributed by atoms with E-state index in [-0.39, 0.29) is 23.6 Å². The van der Waals surface area contributed by atoms with E-state index in [4.69, 9.17) is 10.7 Å². The maximum atomic E-state index is 12.2. The molecule has 5 heteroatoms. The first kappa shape index (κ1) is 14.5. The molecular weight excluding hydrogens is 266 g/mol. The molecule has 21 heavy (non-hydrogen) atoms. The SMILES string of the molecule is Cc1c(C=N)c(O)n(CCc2ccccc2)c(=O)c1C#N. The second-order valence-corrected chi connectivity index (χ2v) is 4.69. The van der Waals surface area contributed by atoms with Crippen molar-refractivity contribution < 1.29 is 5.11 Å². The van der Waals surface area contributed by atoms with Crippen molar-refractivity contribution in [2.75, 3.05) is 0 Å². The molecule has 0 spiro atoms. The minimum atomic E-state index is -0.519. The number of aromatic hydroxyl groups is 1. The molecule has 0 fully saturated rings. The van der Waals surface area contributed by atoms with E-state index in [9.17, 15) is 9.90 Å². The van der Waals surface area contributed by atoms with Crippen molar-refractivity contribution >= 4 is 6.21 Å². The first-order valence-corrected chi connectivity index (χ1v) is 6.51. The molecule has 0 radical (unpaired) electrons. The molecule has 5 nitrogen and oxygen atoms in total. The van der Waals surface area contributed by atoms with Gasteiger partial charge in [-0.25, -0.2) is 0 Å². The van der Waals surface area contributed by atoms with Gasteiger partial charge in [0.2, 0.25) is 5.88 Å². The number of aromatic nitrogens is 1. The second kappa shape index (κ2) is 6.06. The predicted octanol–water partition coefficient (Wildman–Crippen LogP) is 1.97. The zero-order chi connectivity index (χ0) is 15.4. The van der Waals surface area contributed by atoms with Gasteiger partial charge in [-0.3, -0.25) is 9.36 Å². The lowest BCUT2D eigenvalue weighted by atomic mass is 10.1. The molecule has 0 aliphatic heterocycles. The van der Waals surface area contributed by atoms with Crippen molar-refractivity contribution in [3.8, 4) is 11.9 Å². The molecule has 0 unspecified atom stereocenters. The summed E-state index contributed by atoms with van der Waals surface area (Å²) in [6.45, 7) is 1.81. The Morgan fingerprint density at radius 1 is 1.38 bits per heavy atom. The molecule has 2 rings (SSSR count). The number of pyridine rings is 1. The van der Waals surface area contributed by atoms with E-state index in [1.165, 1.54) is 0 Å². The molecule has 0 aliphatic rings. The van der Waals surface area contributed by atoms with E-state index in [1.54, 1.807) is 6.92 Å². The molecule has 0 saturated heterocycles. The fourth-order valence-electron chi connectivity index (χ4n) is 2.24. The van der Waals surface area contributed by atoms with Gasteiger partial charge in [0.25, 0.3) is 5.56 Å². The number of hydrogen-bond donors (Lipinski definition) is 2. The summed E-state index contributed by atoms with van der Waals surface area (Å²) >= 11 is 0. The highest BCUT2D eigenvalue weighted by molar-refractivity contribution is 5.83. The normalized spacial score (nSPS) is 10.1. The summed E-state index contributed by atoms with van der Waals surface area (Å²) < 4.78 is 1.15. The van der Waals surface area contributed by atoms with Crippen molar-refractivity contribution in [2.45, 2.75) is 19.9 Å². The molecule has 2 aromatic rings. The number of aryl methyl sites for hydroxylation is 1. The van der Waals surface area contributed by atoms with Gasteiger partial charge in [-0.1, -0.05) is 30.3 Å². The van der Waals surface area contributed by atoms with E-state index >= 15 is 0 Å². The lowest BCUT2D eigenvalue weighted by Crippen LogP contribution is -2.26. The maximum Gasteiger partial charge on any atom is 0.271 e. The van der Waals surface area contributed by atoms with Gasteiger partial charge in [-0.05, 0) is 24.5 Å². The topological polar surface area (TPSA) is 89.9 Å². The molecule has 1 heterocycles. The molecule has 106 valence electrons. The lowest BCUT2D eigenvalue weighted by Gasteiger charge is -2.13. The quantitative estimate of drug-likeness (QED) is 0.839. The Labute approximate surface area is 122 Å². The van der Waals surface area contributed by atoms with E-state index in [1.807, 2.05) is 36.4 Å². The van der Waals surface area contributed by atoms with Crippen LogP contribution in [-0.2, 0) is 13.0 Å². The van der Waals surface area contributed by atoms with Crippen LogP contribution in [0.3, 0.4) is 0 Å². The third-order valence-electron chi connectivity index (χ3n) is 3.46. The molecule has 0 bridgehead atoms. The van der Waals surface area contributed by atoms with Gasteiger partial charge in [0.05, 0.1) is 5.56 Å². The fraction of sp³-hybridized carbons (Fsp3) is 0.188. The summed E-state index contributed by atoms with van der Waals surface area (Å²) in [6.07, 6.45) is 1.52. The Morgan fingerprint density at radius 3 is 2.62 bits per heavy atom. The van der Waals surface area contributed by atoms with E-state index in [2.05, 4.69) is 0 Å². The van der Waals surface area contributed by atoms with Gasteiger partial charge in [0, 0.05) is 12.8 Å². The van der Waals surface area contributed by atoms with Crippen LogP contribution in [0.4, 0.5) is 0 Å². The zero-order valence-electron chi connectivity index (χ0n) is 11.6. The van der Waals surface area contributed by atoms with E-state index < -0.39 is 5.56 Å². The largest absolute Gasteiger partial charge is 0.494 e. The Hall–Kier alpha value is -2.87. The number of nitrogens with zero attached hydrogens (tertiary/aromatic N) is 2. The van der Waals surface area contributed by atoms with Crippen molar-refractivity contribution in [1.29, 1.82) is 10.7 Å². The molecule has 0 amide bonds. The highest BCUT2D eigenvalue weighted by atomic mass is 16.3. The molecule has 1 aromatic carbocycles. The monoisotopic (exact) mass is 281 g/mol. The predicted molar refractivity (Wildman–Crippen MR) is 79.9 cm³/mol. The standard InChI is InChI=1S/C16H15N3O2/c1-11-13(9-17)15(20)19(16(21)14(11)10-18)8-7-12-5-3-2-4-6-12/h2-6,9,17,20H,7-8H2,1H3. The van der Waals surface area contributed by atoms with Crippen LogP contribution < -0.4 is 5.56 Å². The number of hydrogen-bond acceptors (Lipinski definition) is 4. The van der Waals surface area contributed by atoms with E-state index in [0.29, 0.717) is 12.0 Å². The highest BCUT2D eigenvalue weighted by Crippen LogP contribution is 2.19. The second-order valence-electron chi connectivity index (χ2n) is 4.69. The van der Waals surface area contributed by atoms with Crippen molar-refractivity contribution in [2.24, 2.45) is 0 Å². The first-order chi connectivity index (χ1) is 10.1. The van der Waals surface area contributed by atoms with E-state index in [0.717, 1.165) is 16.3 Å². The van der Waals surface area contributed by atoms with Gasteiger partial charge < -0.3 is 10.5 Å². The van der Waals surface area contributed by atoms with Gasteiger partial charge in [0.1, 0.15) is 11.6 Å². The maximum absolute atomic E-state index is 12.2. The molecule has 0 atom stereocenters. The summed E-state index contributed by atoms with van der Waals surface area (Å²) in [4.78, 5) is 12.2. The third kappa shape index (κ3) is 2.70. The molecule has 1 aromatic heterocycles. The van der Waals surface area contributed by atoms with Crippen LogP contribution in [0, 0.1) is 23.7 Å². The number of nitrogens with one attached hydrogen (secondary N) is 1. The molecular formula is C16H15N3O2. The first-order valence-electron chi connectivity index (χ1n) is 6.51. The van der Waals surface area contributed by atoms with Crippen molar-refractivity contribution in [1.82, 2.24) is 4.57 Å². The summed E-state index contributed by atoms with van der Waals surface area (Å²) in [5.41, 5.74) is 1.03. The summed E-state index contributed by atoms with van der Waals surface area (Å²) in [6, 6.07) is 11.4. The molecule has 2 N–H and O–H groups in total. The van der Waals surface area contributed by atoms with Crippen LogP contribution in [-0.4, -0.2) is 15.9 Å². The number of nitriles is 1. The van der Waals surface area contributed by atoms with Gasteiger partial charge in [-0.15, -0.1) is 0 Å². The lowest BCUT2D eigenvalue weighted by molar-refractivity contribution is 0.404. The van der Waals surface area contributed by atoms with Crippen LogP contribution in [0.15, 0.2) is 35.1 Å². The Bertz CT molecular complexity index is 771.